The number of nitrogens with two attached hydrogens (primary N) is 1. The largest absolute Gasteiger partial charge is 0.354 e. The zero-order valence-electron chi connectivity index (χ0n) is 10.2. The molecule has 3 N–H and O–H groups in total. The molecule has 1 aromatic rings. The number of nitrogens with one attached hydrogen (secondary N) is 1. The van der Waals surface area contributed by atoms with E-state index in [1.54, 1.807) is 0 Å². The molecule has 1 atom stereocenters. The second kappa shape index (κ2) is 5.66. The van der Waals surface area contributed by atoms with Gasteiger partial charge < -0.3 is 11.1 Å². The van der Waals surface area contributed by atoms with Crippen LogP contribution >= 0.6 is 0 Å². The fourth-order valence-electron chi connectivity index (χ4n) is 1.72. The maximum Gasteiger partial charge on any atom is 0.227 e. The summed E-state index contributed by atoms with van der Waals surface area (Å²) in [6.07, 6.45) is 0. The van der Waals surface area contributed by atoms with Crippen molar-refractivity contribution in [2.75, 3.05) is 13.1 Å². The molecule has 0 aliphatic carbocycles. The van der Waals surface area contributed by atoms with Crippen molar-refractivity contribution in [1.82, 2.24) is 5.32 Å². The third kappa shape index (κ3) is 3.07. The van der Waals surface area contributed by atoms with Gasteiger partial charge >= 0.3 is 0 Å². The maximum absolute atomic E-state index is 11.8. The van der Waals surface area contributed by atoms with Crippen molar-refractivity contribution in [1.29, 1.82) is 0 Å². The Bertz CT molecular complexity index is 374. The molecule has 0 bridgehead atoms. The van der Waals surface area contributed by atoms with Crippen LogP contribution in [0.1, 0.15) is 29.5 Å². The number of hydrogen-bond donors (Lipinski definition) is 2. The van der Waals surface area contributed by atoms with Gasteiger partial charge in [0.1, 0.15) is 0 Å². The van der Waals surface area contributed by atoms with Crippen LogP contribution in [0.4, 0.5) is 0 Å². The lowest BCUT2D eigenvalue weighted by Gasteiger charge is -2.15. The molecule has 0 radical (unpaired) electrons. The van der Waals surface area contributed by atoms with Crippen molar-refractivity contribution < 1.29 is 4.79 Å². The van der Waals surface area contributed by atoms with Gasteiger partial charge in [-0.3, -0.25) is 4.79 Å². The Morgan fingerprint density at radius 2 is 2.12 bits per heavy atom. The Labute approximate surface area is 97.0 Å². The van der Waals surface area contributed by atoms with Crippen LogP contribution in [0.15, 0.2) is 18.2 Å². The molecule has 0 saturated heterocycles. The van der Waals surface area contributed by atoms with E-state index < -0.39 is 0 Å². The third-order valence-electron chi connectivity index (χ3n) is 2.74. The fourth-order valence-corrected chi connectivity index (χ4v) is 1.72. The molecule has 16 heavy (non-hydrogen) atoms. The van der Waals surface area contributed by atoms with Crippen molar-refractivity contribution in [3.8, 4) is 0 Å². The van der Waals surface area contributed by atoms with E-state index in [0.29, 0.717) is 13.1 Å². The highest BCUT2D eigenvalue weighted by Crippen LogP contribution is 2.20. The van der Waals surface area contributed by atoms with E-state index in [0.717, 1.165) is 11.1 Å². The molecule has 0 saturated carbocycles. The molecule has 1 rings (SSSR count). The van der Waals surface area contributed by atoms with E-state index in [-0.39, 0.29) is 11.8 Å². The standard InChI is InChI=1S/C13H20N2O/c1-9-4-5-10(2)12(8-9)11(3)13(16)15-7-6-14/h4-5,8,11H,6-7,14H2,1-3H3,(H,15,16). The summed E-state index contributed by atoms with van der Waals surface area (Å²) in [5.74, 6) is -0.0781. The Balaban J connectivity index is 2.82. The predicted octanol–water partition coefficient (Wildman–Crippen LogP) is 1.48. The first-order chi connectivity index (χ1) is 7.56. The molecule has 88 valence electrons. The second-order valence-corrected chi connectivity index (χ2v) is 4.16. The average Bonchev–Trinajstić information content (AvgIpc) is 2.28. The molecule has 0 aliphatic rings. The van der Waals surface area contributed by atoms with Gasteiger partial charge in [-0.25, -0.2) is 0 Å². The third-order valence-corrected chi connectivity index (χ3v) is 2.74. The van der Waals surface area contributed by atoms with Crippen LogP contribution < -0.4 is 11.1 Å². The van der Waals surface area contributed by atoms with E-state index in [4.69, 9.17) is 5.73 Å². The topological polar surface area (TPSA) is 55.1 Å². The molecular weight excluding hydrogens is 200 g/mol. The van der Waals surface area contributed by atoms with Gasteiger partial charge in [-0.05, 0) is 31.9 Å². The first-order valence-electron chi connectivity index (χ1n) is 5.61. The highest BCUT2D eigenvalue weighted by molar-refractivity contribution is 5.83. The van der Waals surface area contributed by atoms with Crippen LogP contribution in [-0.2, 0) is 4.79 Å². The van der Waals surface area contributed by atoms with Gasteiger partial charge in [0.15, 0.2) is 0 Å². The SMILES string of the molecule is Cc1ccc(C)c(C(C)C(=O)NCCN)c1. The van der Waals surface area contributed by atoms with Gasteiger partial charge in [0.2, 0.25) is 5.91 Å². The number of carbonyl (C=O) groups excluding carboxylic acids is 1. The lowest BCUT2D eigenvalue weighted by atomic mass is 9.94. The Morgan fingerprint density at radius 3 is 2.75 bits per heavy atom. The van der Waals surface area contributed by atoms with Gasteiger partial charge in [-0.15, -0.1) is 0 Å². The minimum Gasteiger partial charge on any atom is -0.354 e. The van der Waals surface area contributed by atoms with Gasteiger partial charge in [0.05, 0.1) is 5.92 Å². The zero-order valence-corrected chi connectivity index (χ0v) is 10.2. The number of aryl methyl sites for hydroxylation is 2. The molecule has 0 aromatic heterocycles. The van der Waals surface area contributed by atoms with Crippen LogP contribution in [0.2, 0.25) is 0 Å². The number of rotatable bonds is 4. The van der Waals surface area contributed by atoms with Crippen LogP contribution in [0.3, 0.4) is 0 Å². The molecule has 0 fully saturated rings. The van der Waals surface area contributed by atoms with Crippen molar-refractivity contribution in [2.45, 2.75) is 26.7 Å². The Hall–Kier alpha value is -1.35. The molecule has 1 amide bonds. The highest BCUT2D eigenvalue weighted by Gasteiger charge is 2.16. The van der Waals surface area contributed by atoms with E-state index in [1.807, 2.05) is 20.8 Å². The first-order valence-corrected chi connectivity index (χ1v) is 5.61. The van der Waals surface area contributed by atoms with E-state index >= 15 is 0 Å². The molecule has 3 nitrogen and oxygen atoms in total. The van der Waals surface area contributed by atoms with Crippen molar-refractivity contribution in [3.63, 3.8) is 0 Å². The van der Waals surface area contributed by atoms with Crippen molar-refractivity contribution in [3.05, 3.63) is 34.9 Å². The molecule has 3 heteroatoms. The Morgan fingerprint density at radius 1 is 1.44 bits per heavy atom. The molecule has 1 unspecified atom stereocenters. The minimum absolute atomic E-state index is 0.0409. The van der Waals surface area contributed by atoms with Gasteiger partial charge in [-0.2, -0.15) is 0 Å². The zero-order chi connectivity index (χ0) is 12.1. The predicted molar refractivity (Wildman–Crippen MR) is 66.4 cm³/mol. The van der Waals surface area contributed by atoms with E-state index in [1.165, 1.54) is 5.56 Å². The fraction of sp³-hybridized carbons (Fsp3) is 0.462. The molecule has 0 aliphatic heterocycles. The summed E-state index contributed by atoms with van der Waals surface area (Å²) >= 11 is 0. The molecule has 0 heterocycles. The summed E-state index contributed by atoms with van der Waals surface area (Å²) in [7, 11) is 0. The first kappa shape index (κ1) is 12.7. The normalized spacial score (nSPS) is 12.2. The Kier molecular flexibility index (Phi) is 4.50. The van der Waals surface area contributed by atoms with Gasteiger partial charge in [0.25, 0.3) is 0 Å². The van der Waals surface area contributed by atoms with Crippen molar-refractivity contribution >= 4 is 5.91 Å². The molecular formula is C13H20N2O. The highest BCUT2D eigenvalue weighted by atomic mass is 16.1. The van der Waals surface area contributed by atoms with Crippen LogP contribution in [0.5, 0.6) is 0 Å². The lowest BCUT2D eigenvalue weighted by molar-refractivity contribution is -0.122. The lowest BCUT2D eigenvalue weighted by Crippen LogP contribution is -2.32. The smallest absolute Gasteiger partial charge is 0.227 e. The molecule has 1 aromatic carbocycles. The monoisotopic (exact) mass is 220 g/mol. The summed E-state index contributed by atoms with van der Waals surface area (Å²) in [4.78, 5) is 11.8. The van der Waals surface area contributed by atoms with Crippen LogP contribution in [0.25, 0.3) is 0 Å². The van der Waals surface area contributed by atoms with Gasteiger partial charge in [0, 0.05) is 13.1 Å². The number of carbonyl (C=O) groups is 1. The summed E-state index contributed by atoms with van der Waals surface area (Å²) in [5.41, 5.74) is 8.78. The van der Waals surface area contributed by atoms with Crippen LogP contribution in [-0.4, -0.2) is 19.0 Å². The molecule has 0 spiro atoms. The summed E-state index contributed by atoms with van der Waals surface area (Å²) in [5, 5.41) is 2.81. The number of benzene rings is 1. The number of amides is 1. The average molecular weight is 220 g/mol. The summed E-state index contributed by atoms with van der Waals surface area (Å²) < 4.78 is 0. The van der Waals surface area contributed by atoms with Crippen molar-refractivity contribution in [2.24, 2.45) is 5.73 Å². The second-order valence-electron chi connectivity index (χ2n) is 4.16. The minimum atomic E-state index is -0.119. The van der Waals surface area contributed by atoms with E-state index in [9.17, 15) is 4.79 Å². The summed E-state index contributed by atoms with van der Waals surface area (Å²) in [6.45, 7) is 7.00. The number of hydrogen-bond acceptors (Lipinski definition) is 2. The van der Waals surface area contributed by atoms with E-state index in [2.05, 4.69) is 23.5 Å². The van der Waals surface area contributed by atoms with Gasteiger partial charge in [-0.1, -0.05) is 23.8 Å². The summed E-state index contributed by atoms with van der Waals surface area (Å²) in [6, 6.07) is 6.18. The quantitative estimate of drug-likeness (QED) is 0.807. The maximum atomic E-state index is 11.8. The van der Waals surface area contributed by atoms with Crippen LogP contribution in [0, 0.1) is 13.8 Å².